The third kappa shape index (κ3) is 3.90. The molecule has 0 radical (unpaired) electrons. The van der Waals surface area contributed by atoms with Gasteiger partial charge in [0.1, 0.15) is 11.3 Å². The molecular formula is C28H33N3O3. The van der Waals surface area contributed by atoms with E-state index in [9.17, 15) is 9.59 Å². The lowest BCUT2D eigenvalue weighted by Crippen LogP contribution is -2.56. The number of benzene rings is 2. The molecule has 3 amide bonds. The molecule has 2 aromatic rings. The van der Waals surface area contributed by atoms with Crippen molar-refractivity contribution in [3.8, 4) is 5.75 Å². The van der Waals surface area contributed by atoms with Gasteiger partial charge in [0.25, 0.3) is 5.91 Å². The van der Waals surface area contributed by atoms with Gasteiger partial charge in [0.15, 0.2) is 0 Å². The van der Waals surface area contributed by atoms with Gasteiger partial charge in [-0.1, -0.05) is 48.6 Å². The van der Waals surface area contributed by atoms with Crippen LogP contribution in [0.2, 0.25) is 0 Å². The van der Waals surface area contributed by atoms with Crippen LogP contribution in [-0.4, -0.2) is 71.5 Å². The summed E-state index contributed by atoms with van der Waals surface area (Å²) >= 11 is 0. The molecule has 0 atom stereocenters. The van der Waals surface area contributed by atoms with Gasteiger partial charge in [0, 0.05) is 32.2 Å². The maximum absolute atomic E-state index is 13.8. The number of ether oxygens (including phenoxy) is 1. The summed E-state index contributed by atoms with van der Waals surface area (Å²) in [6.07, 6.45) is 7.20. The Kier molecular flexibility index (Phi) is 6.17. The monoisotopic (exact) mass is 459 g/mol. The summed E-state index contributed by atoms with van der Waals surface area (Å²) in [4.78, 5) is 33.0. The number of rotatable bonds is 6. The number of likely N-dealkylation sites (N-methyl/N-ethyl adjacent to an activating group) is 1. The summed E-state index contributed by atoms with van der Waals surface area (Å²) in [5, 5.41) is 0. The van der Waals surface area contributed by atoms with Gasteiger partial charge in [-0.05, 0) is 61.4 Å². The van der Waals surface area contributed by atoms with E-state index in [4.69, 9.17) is 4.74 Å². The van der Waals surface area contributed by atoms with E-state index >= 15 is 0 Å². The van der Waals surface area contributed by atoms with Crippen molar-refractivity contribution in [1.82, 2.24) is 14.7 Å². The van der Waals surface area contributed by atoms with Crippen molar-refractivity contribution < 1.29 is 14.3 Å². The molecule has 0 saturated carbocycles. The molecule has 3 aliphatic rings. The van der Waals surface area contributed by atoms with Crippen molar-refractivity contribution in [1.29, 1.82) is 0 Å². The molecule has 5 rings (SSSR count). The molecule has 1 aliphatic carbocycles. The zero-order valence-corrected chi connectivity index (χ0v) is 20.1. The highest BCUT2D eigenvalue weighted by Gasteiger charge is 2.59. The molecule has 0 bridgehead atoms. The average Bonchev–Trinajstić information content (AvgIpc) is 3.37. The minimum absolute atomic E-state index is 0.0191. The minimum Gasteiger partial charge on any atom is -0.497 e. The Balaban J connectivity index is 1.24. The van der Waals surface area contributed by atoms with Gasteiger partial charge >= 0.3 is 6.03 Å². The van der Waals surface area contributed by atoms with Crippen LogP contribution in [0.5, 0.6) is 5.75 Å². The number of likely N-dealkylation sites (tertiary alicyclic amines) is 1. The van der Waals surface area contributed by atoms with Gasteiger partial charge in [-0.15, -0.1) is 0 Å². The summed E-state index contributed by atoms with van der Waals surface area (Å²) < 4.78 is 5.21. The number of hydrogen-bond acceptors (Lipinski definition) is 4. The number of piperidine rings is 1. The molecule has 2 heterocycles. The second-order valence-corrected chi connectivity index (χ2v) is 9.54. The van der Waals surface area contributed by atoms with E-state index in [1.54, 1.807) is 12.0 Å². The third-order valence-corrected chi connectivity index (χ3v) is 7.75. The molecule has 1 spiro atoms. The Morgan fingerprint density at radius 1 is 1.00 bits per heavy atom. The standard InChI is InChI=1S/C28H33N3O3/c1-3-30-27(33)31(24-19-22-8-4-5-9-23(22)20-24)26(32)28(30)14-17-29(18-15-28)16-6-7-21-10-12-25(34-2)13-11-21/h4-13,24H,3,14-20H2,1-2H3/b7-6+. The molecule has 178 valence electrons. The summed E-state index contributed by atoms with van der Waals surface area (Å²) in [6.45, 7) is 5.00. The molecule has 34 heavy (non-hydrogen) atoms. The lowest BCUT2D eigenvalue weighted by atomic mass is 9.85. The molecule has 0 aromatic heterocycles. The zero-order chi connectivity index (χ0) is 23.7. The third-order valence-electron chi connectivity index (χ3n) is 7.75. The van der Waals surface area contributed by atoms with E-state index in [0.717, 1.165) is 43.8 Å². The lowest BCUT2D eigenvalue weighted by molar-refractivity contribution is -0.136. The first-order chi connectivity index (χ1) is 16.6. The molecule has 6 nitrogen and oxygen atoms in total. The quantitative estimate of drug-likeness (QED) is 0.613. The largest absolute Gasteiger partial charge is 0.497 e. The number of methoxy groups -OCH3 is 1. The van der Waals surface area contributed by atoms with Crippen molar-refractivity contribution in [2.75, 3.05) is 33.3 Å². The number of fused-ring (bicyclic) bond motifs is 1. The van der Waals surface area contributed by atoms with E-state index in [2.05, 4.69) is 29.2 Å². The van der Waals surface area contributed by atoms with Gasteiger partial charge in [-0.25, -0.2) is 4.79 Å². The number of nitrogens with zero attached hydrogens (tertiary/aromatic N) is 3. The second-order valence-electron chi connectivity index (χ2n) is 9.54. The SMILES string of the molecule is CCN1C(=O)N(C2Cc3ccccc3C2)C(=O)C12CCN(C/C=C/c1ccc(OC)cc1)CC2. The van der Waals surface area contributed by atoms with Crippen LogP contribution >= 0.6 is 0 Å². The molecule has 2 aromatic carbocycles. The van der Waals surface area contributed by atoms with Crippen LogP contribution in [0.3, 0.4) is 0 Å². The molecule has 2 fully saturated rings. The highest BCUT2D eigenvalue weighted by molar-refractivity contribution is 6.07. The smallest absolute Gasteiger partial charge is 0.327 e. The van der Waals surface area contributed by atoms with Crippen molar-refractivity contribution >= 4 is 18.0 Å². The maximum Gasteiger partial charge on any atom is 0.327 e. The topological polar surface area (TPSA) is 53.1 Å². The number of hydrogen-bond donors (Lipinski definition) is 0. The number of carbonyl (C=O) groups excluding carboxylic acids is 2. The number of amides is 3. The fourth-order valence-electron chi connectivity index (χ4n) is 5.86. The minimum atomic E-state index is -0.684. The summed E-state index contributed by atoms with van der Waals surface area (Å²) in [5.74, 6) is 0.871. The molecule has 0 unspecified atom stereocenters. The molecule has 0 N–H and O–H groups in total. The van der Waals surface area contributed by atoms with Crippen LogP contribution in [0.15, 0.2) is 54.6 Å². The molecular weight excluding hydrogens is 426 g/mol. The van der Waals surface area contributed by atoms with Crippen LogP contribution in [-0.2, 0) is 17.6 Å². The van der Waals surface area contributed by atoms with Crippen LogP contribution in [0.25, 0.3) is 6.08 Å². The van der Waals surface area contributed by atoms with Crippen molar-refractivity contribution in [2.45, 2.75) is 44.2 Å². The summed E-state index contributed by atoms with van der Waals surface area (Å²) in [6, 6.07) is 16.1. The lowest BCUT2D eigenvalue weighted by Gasteiger charge is -2.41. The fraction of sp³-hybridized carbons (Fsp3) is 0.429. The van der Waals surface area contributed by atoms with Crippen LogP contribution in [0.1, 0.15) is 36.5 Å². The number of urea groups is 1. The van der Waals surface area contributed by atoms with Crippen LogP contribution in [0, 0.1) is 0 Å². The number of carbonyl (C=O) groups is 2. The van der Waals surface area contributed by atoms with Crippen molar-refractivity contribution in [2.24, 2.45) is 0 Å². The van der Waals surface area contributed by atoms with E-state index in [1.807, 2.05) is 48.2 Å². The molecule has 2 saturated heterocycles. The summed E-state index contributed by atoms with van der Waals surface area (Å²) in [5.41, 5.74) is 2.97. The van der Waals surface area contributed by atoms with Gasteiger partial charge in [-0.2, -0.15) is 0 Å². The Hall–Kier alpha value is -3.12. The first-order valence-corrected chi connectivity index (χ1v) is 12.3. The molecule has 6 heteroatoms. The Morgan fingerprint density at radius 2 is 1.65 bits per heavy atom. The first kappa shape index (κ1) is 22.7. The second kappa shape index (κ2) is 9.26. The Morgan fingerprint density at radius 3 is 2.24 bits per heavy atom. The van der Waals surface area contributed by atoms with E-state index in [-0.39, 0.29) is 18.0 Å². The predicted octanol–water partition coefficient (Wildman–Crippen LogP) is 3.99. The van der Waals surface area contributed by atoms with Crippen molar-refractivity contribution in [3.05, 3.63) is 71.3 Å². The summed E-state index contributed by atoms with van der Waals surface area (Å²) in [7, 11) is 1.67. The zero-order valence-electron chi connectivity index (χ0n) is 20.1. The average molecular weight is 460 g/mol. The van der Waals surface area contributed by atoms with Gasteiger partial charge in [0.2, 0.25) is 0 Å². The van der Waals surface area contributed by atoms with E-state index < -0.39 is 5.54 Å². The first-order valence-electron chi connectivity index (χ1n) is 12.3. The van der Waals surface area contributed by atoms with Crippen molar-refractivity contribution in [3.63, 3.8) is 0 Å². The van der Waals surface area contributed by atoms with Gasteiger partial charge in [0.05, 0.1) is 7.11 Å². The van der Waals surface area contributed by atoms with Crippen LogP contribution in [0.4, 0.5) is 4.79 Å². The number of imide groups is 1. The fourth-order valence-corrected chi connectivity index (χ4v) is 5.86. The Bertz CT molecular complexity index is 1060. The Labute approximate surface area is 201 Å². The van der Waals surface area contributed by atoms with E-state index in [1.165, 1.54) is 11.1 Å². The van der Waals surface area contributed by atoms with Crippen LogP contribution < -0.4 is 4.74 Å². The van der Waals surface area contributed by atoms with Gasteiger partial charge < -0.3 is 9.64 Å². The van der Waals surface area contributed by atoms with Gasteiger partial charge in [-0.3, -0.25) is 14.6 Å². The predicted molar refractivity (Wildman–Crippen MR) is 133 cm³/mol. The normalized spacial score (nSPS) is 20.6. The highest BCUT2D eigenvalue weighted by Crippen LogP contribution is 2.40. The molecule has 2 aliphatic heterocycles. The van der Waals surface area contributed by atoms with E-state index in [0.29, 0.717) is 19.4 Å². The highest BCUT2D eigenvalue weighted by atomic mass is 16.5. The maximum atomic E-state index is 13.8.